The summed E-state index contributed by atoms with van der Waals surface area (Å²) in [6, 6.07) is 11.3. The lowest BCUT2D eigenvalue weighted by Gasteiger charge is -2.16. The second-order valence-electron chi connectivity index (χ2n) is 7.97. The minimum Gasteiger partial charge on any atom is -0.346 e. The molecule has 1 N–H and O–H groups in total. The molecule has 0 saturated heterocycles. The number of nitrogens with zero attached hydrogens (tertiary/aromatic N) is 5. The summed E-state index contributed by atoms with van der Waals surface area (Å²) >= 11 is 0. The summed E-state index contributed by atoms with van der Waals surface area (Å²) in [6.07, 6.45) is -3.07. The van der Waals surface area contributed by atoms with Gasteiger partial charge in [0.25, 0.3) is 5.91 Å². The van der Waals surface area contributed by atoms with Gasteiger partial charge in [-0.05, 0) is 50.6 Å². The average molecular weight is 482 g/mol. The number of amides is 1. The van der Waals surface area contributed by atoms with E-state index in [0.717, 1.165) is 28.2 Å². The molecule has 0 radical (unpaired) electrons. The number of hydrogen-bond donors (Lipinski definition) is 1. The van der Waals surface area contributed by atoms with E-state index in [1.165, 1.54) is 25.1 Å². The van der Waals surface area contributed by atoms with Crippen LogP contribution < -0.4 is 10.7 Å². The Hall–Kier alpha value is -4.28. The first-order chi connectivity index (χ1) is 16.5. The highest BCUT2D eigenvalue weighted by atomic mass is 19.4. The van der Waals surface area contributed by atoms with Crippen molar-refractivity contribution in [2.75, 3.05) is 0 Å². The molecule has 4 rings (SSSR count). The first kappa shape index (κ1) is 23.9. The van der Waals surface area contributed by atoms with Gasteiger partial charge >= 0.3 is 6.18 Å². The third-order valence-electron chi connectivity index (χ3n) is 5.25. The van der Waals surface area contributed by atoms with Crippen molar-refractivity contribution in [1.29, 1.82) is 0 Å². The molecule has 0 saturated carbocycles. The van der Waals surface area contributed by atoms with E-state index in [-0.39, 0.29) is 17.9 Å². The van der Waals surface area contributed by atoms with Gasteiger partial charge in [0.2, 0.25) is 5.43 Å². The number of carbonyl (C=O) groups is 1. The van der Waals surface area contributed by atoms with Gasteiger partial charge in [-0.1, -0.05) is 18.2 Å². The Morgan fingerprint density at radius 2 is 1.69 bits per heavy atom. The number of nitrogens with one attached hydrogen (secondary N) is 1. The van der Waals surface area contributed by atoms with Crippen LogP contribution in [0.25, 0.3) is 11.5 Å². The minimum absolute atomic E-state index is 0.0391. The third kappa shape index (κ3) is 4.98. The number of aryl methyl sites for hydroxylation is 3. The van der Waals surface area contributed by atoms with Crippen molar-refractivity contribution in [3.05, 3.63) is 98.9 Å². The van der Waals surface area contributed by atoms with Crippen LogP contribution in [0.2, 0.25) is 0 Å². The molecule has 3 heterocycles. The molecule has 180 valence electrons. The van der Waals surface area contributed by atoms with Crippen LogP contribution in [0.1, 0.15) is 38.7 Å². The Balaban J connectivity index is 1.56. The zero-order chi connectivity index (χ0) is 25.3. The number of aromatic nitrogens is 5. The first-order valence-electron chi connectivity index (χ1n) is 10.6. The van der Waals surface area contributed by atoms with Crippen molar-refractivity contribution in [2.45, 2.75) is 33.5 Å². The summed E-state index contributed by atoms with van der Waals surface area (Å²) < 4.78 is 43.1. The number of carbonyl (C=O) groups excluding carboxylic acids is 1. The number of hydrogen-bond acceptors (Lipinski definition) is 5. The Morgan fingerprint density at radius 1 is 0.971 bits per heavy atom. The lowest BCUT2D eigenvalue weighted by atomic mass is 10.1. The van der Waals surface area contributed by atoms with Gasteiger partial charge in [0, 0.05) is 30.2 Å². The van der Waals surface area contributed by atoms with Crippen molar-refractivity contribution in [1.82, 2.24) is 29.9 Å². The third-order valence-corrected chi connectivity index (χ3v) is 5.25. The van der Waals surface area contributed by atoms with E-state index in [1.54, 1.807) is 23.0 Å². The van der Waals surface area contributed by atoms with E-state index in [9.17, 15) is 22.8 Å². The summed E-state index contributed by atoms with van der Waals surface area (Å²) in [6.45, 7) is 5.27. The molecular weight excluding hydrogens is 461 g/mol. The predicted molar refractivity (Wildman–Crippen MR) is 122 cm³/mol. The van der Waals surface area contributed by atoms with E-state index in [4.69, 9.17) is 0 Å². The molecule has 1 amide bonds. The highest BCUT2D eigenvalue weighted by molar-refractivity contribution is 5.92. The SMILES string of the molecule is Cc1cc(C)n(-c2ccc(CNC(=O)c3nn(-c4ccccc4C(F)(F)F)c(C)cc3=O)cn2)n1. The van der Waals surface area contributed by atoms with E-state index >= 15 is 0 Å². The van der Waals surface area contributed by atoms with Crippen LogP contribution in [-0.4, -0.2) is 30.5 Å². The zero-order valence-electron chi connectivity index (χ0n) is 19.1. The molecule has 8 nitrogen and oxygen atoms in total. The van der Waals surface area contributed by atoms with Crippen LogP contribution in [0.3, 0.4) is 0 Å². The molecule has 0 bridgehead atoms. The van der Waals surface area contributed by atoms with E-state index in [1.807, 2.05) is 19.9 Å². The van der Waals surface area contributed by atoms with Crippen LogP contribution >= 0.6 is 0 Å². The molecule has 4 aromatic rings. The Bertz CT molecular complexity index is 1460. The fourth-order valence-electron chi connectivity index (χ4n) is 3.62. The number of halogens is 3. The van der Waals surface area contributed by atoms with Gasteiger partial charge in [0.15, 0.2) is 11.5 Å². The largest absolute Gasteiger partial charge is 0.418 e. The van der Waals surface area contributed by atoms with Crippen molar-refractivity contribution in [3.8, 4) is 11.5 Å². The van der Waals surface area contributed by atoms with Gasteiger partial charge in [0.1, 0.15) is 0 Å². The predicted octanol–water partition coefficient (Wildman–Crippen LogP) is 3.69. The highest BCUT2D eigenvalue weighted by Gasteiger charge is 2.34. The quantitative estimate of drug-likeness (QED) is 0.468. The molecule has 1 aromatic carbocycles. The number of para-hydroxylation sites is 1. The van der Waals surface area contributed by atoms with Gasteiger partial charge in [-0.15, -0.1) is 0 Å². The second-order valence-corrected chi connectivity index (χ2v) is 7.97. The molecule has 0 aliphatic carbocycles. The van der Waals surface area contributed by atoms with Crippen molar-refractivity contribution in [2.24, 2.45) is 0 Å². The van der Waals surface area contributed by atoms with Crippen LogP contribution in [0.4, 0.5) is 13.2 Å². The number of benzene rings is 1. The number of rotatable bonds is 5. The highest BCUT2D eigenvalue weighted by Crippen LogP contribution is 2.33. The van der Waals surface area contributed by atoms with Crippen LogP contribution in [-0.2, 0) is 12.7 Å². The minimum atomic E-state index is -4.64. The van der Waals surface area contributed by atoms with E-state index in [2.05, 4.69) is 20.5 Å². The average Bonchev–Trinajstić information content (AvgIpc) is 3.15. The summed E-state index contributed by atoms with van der Waals surface area (Å²) in [7, 11) is 0. The first-order valence-corrected chi connectivity index (χ1v) is 10.6. The Morgan fingerprint density at radius 3 is 2.31 bits per heavy atom. The zero-order valence-corrected chi connectivity index (χ0v) is 19.1. The fourth-order valence-corrected chi connectivity index (χ4v) is 3.62. The second kappa shape index (κ2) is 9.16. The maximum absolute atomic E-state index is 13.5. The van der Waals surface area contributed by atoms with E-state index < -0.39 is 28.8 Å². The van der Waals surface area contributed by atoms with Gasteiger partial charge in [-0.25, -0.2) is 14.3 Å². The van der Waals surface area contributed by atoms with Crippen molar-refractivity contribution in [3.63, 3.8) is 0 Å². The Labute approximate surface area is 198 Å². The van der Waals surface area contributed by atoms with E-state index in [0.29, 0.717) is 11.4 Å². The standard InChI is InChI=1S/C24H21F3N6O2/c1-14-10-15(2)33(30-14)21-9-8-17(12-28-21)13-29-23(35)22-20(34)11-16(3)32(31-22)19-7-5-4-6-18(19)24(25,26)27/h4-12H,13H2,1-3H3,(H,29,35). The van der Waals surface area contributed by atoms with Crippen LogP contribution in [0, 0.1) is 20.8 Å². The number of pyridine rings is 1. The smallest absolute Gasteiger partial charge is 0.346 e. The van der Waals surface area contributed by atoms with Gasteiger partial charge in [0.05, 0.1) is 16.9 Å². The molecular formula is C24H21F3N6O2. The van der Waals surface area contributed by atoms with Gasteiger partial charge in [-0.3, -0.25) is 9.59 Å². The summed E-state index contributed by atoms with van der Waals surface area (Å²) in [4.78, 5) is 29.5. The van der Waals surface area contributed by atoms with Crippen molar-refractivity contribution < 1.29 is 18.0 Å². The molecule has 0 unspecified atom stereocenters. The summed E-state index contributed by atoms with van der Waals surface area (Å²) in [5.41, 5.74) is 0.165. The van der Waals surface area contributed by atoms with Gasteiger partial charge in [-0.2, -0.15) is 23.4 Å². The maximum atomic E-state index is 13.5. The van der Waals surface area contributed by atoms with Gasteiger partial charge < -0.3 is 5.32 Å². The lowest BCUT2D eigenvalue weighted by Crippen LogP contribution is -2.32. The maximum Gasteiger partial charge on any atom is 0.418 e. The van der Waals surface area contributed by atoms with Crippen molar-refractivity contribution >= 4 is 5.91 Å². The molecule has 0 atom stereocenters. The Kier molecular flexibility index (Phi) is 6.25. The normalized spacial score (nSPS) is 11.5. The molecule has 0 aliphatic heterocycles. The summed E-state index contributed by atoms with van der Waals surface area (Å²) in [5.74, 6) is -0.201. The molecule has 11 heteroatoms. The molecule has 0 aliphatic rings. The fraction of sp³-hybridized carbons (Fsp3) is 0.208. The molecule has 0 fully saturated rings. The lowest BCUT2D eigenvalue weighted by molar-refractivity contribution is -0.137. The molecule has 3 aromatic heterocycles. The topological polar surface area (TPSA) is 94.7 Å². The van der Waals surface area contributed by atoms with Crippen LogP contribution in [0.15, 0.2) is 59.5 Å². The number of alkyl halides is 3. The molecule has 35 heavy (non-hydrogen) atoms. The molecule has 0 spiro atoms. The summed E-state index contributed by atoms with van der Waals surface area (Å²) in [5, 5.41) is 10.9. The van der Waals surface area contributed by atoms with Crippen LogP contribution in [0.5, 0.6) is 0 Å². The monoisotopic (exact) mass is 482 g/mol.